The first-order chi connectivity index (χ1) is 8.66. The van der Waals surface area contributed by atoms with Gasteiger partial charge in [-0.2, -0.15) is 0 Å². The minimum Gasteiger partial charge on any atom is -0.336 e. The lowest BCUT2D eigenvalue weighted by Crippen LogP contribution is -1.94. The van der Waals surface area contributed by atoms with Gasteiger partial charge in [-0.05, 0) is 30.7 Å². The highest BCUT2D eigenvalue weighted by Crippen LogP contribution is 2.26. The van der Waals surface area contributed by atoms with Gasteiger partial charge >= 0.3 is 0 Å². The molecule has 0 aliphatic carbocycles. The molecule has 90 valence electrons. The molecule has 3 rings (SSSR count). The van der Waals surface area contributed by atoms with Crippen molar-refractivity contribution in [2.24, 2.45) is 0 Å². The maximum Gasteiger partial charge on any atom is 0.178 e. The second-order valence-electron chi connectivity index (χ2n) is 4.01. The van der Waals surface area contributed by atoms with Crippen LogP contribution in [0.1, 0.15) is 5.56 Å². The minimum absolute atomic E-state index is 0.145. The number of halogens is 2. The van der Waals surface area contributed by atoms with E-state index in [1.165, 1.54) is 12.1 Å². The molecule has 0 bridgehead atoms. The Labute approximate surface area is 102 Å². The van der Waals surface area contributed by atoms with Crippen molar-refractivity contribution < 1.29 is 8.78 Å². The van der Waals surface area contributed by atoms with Crippen LogP contribution >= 0.6 is 0 Å². The summed E-state index contributed by atoms with van der Waals surface area (Å²) < 4.78 is 27.7. The molecule has 18 heavy (non-hydrogen) atoms. The third kappa shape index (κ3) is 1.55. The van der Waals surface area contributed by atoms with Crippen LogP contribution in [0.15, 0.2) is 30.5 Å². The van der Waals surface area contributed by atoms with E-state index in [2.05, 4.69) is 15.0 Å². The van der Waals surface area contributed by atoms with Gasteiger partial charge in [0, 0.05) is 6.20 Å². The number of hydrogen-bond acceptors (Lipinski definition) is 2. The van der Waals surface area contributed by atoms with Crippen LogP contribution in [0.2, 0.25) is 0 Å². The van der Waals surface area contributed by atoms with Gasteiger partial charge in [-0.15, -0.1) is 0 Å². The zero-order valence-electron chi connectivity index (χ0n) is 9.54. The highest BCUT2D eigenvalue weighted by molar-refractivity contribution is 5.76. The molecule has 0 aliphatic heterocycles. The monoisotopic (exact) mass is 245 g/mol. The van der Waals surface area contributed by atoms with Crippen molar-refractivity contribution in [3.8, 4) is 11.4 Å². The molecule has 2 heterocycles. The Morgan fingerprint density at radius 2 is 2.00 bits per heavy atom. The van der Waals surface area contributed by atoms with Crippen molar-refractivity contribution in [1.82, 2.24) is 15.0 Å². The highest BCUT2D eigenvalue weighted by atomic mass is 19.1. The maximum atomic E-state index is 14.0. The van der Waals surface area contributed by atoms with Crippen LogP contribution in [0.3, 0.4) is 0 Å². The molecule has 5 heteroatoms. The summed E-state index contributed by atoms with van der Waals surface area (Å²) in [6, 6.07) is 6.11. The third-order valence-corrected chi connectivity index (χ3v) is 2.78. The predicted octanol–water partition coefficient (Wildman–Crippen LogP) is 3.21. The number of H-pyrrole nitrogens is 1. The summed E-state index contributed by atoms with van der Waals surface area (Å²) in [7, 11) is 0. The van der Waals surface area contributed by atoms with E-state index in [1.807, 2.05) is 0 Å². The number of aromatic amines is 1. The first-order valence-corrected chi connectivity index (χ1v) is 5.42. The van der Waals surface area contributed by atoms with Crippen molar-refractivity contribution in [3.63, 3.8) is 0 Å². The molecule has 0 amide bonds. The summed E-state index contributed by atoms with van der Waals surface area (Å²) in [4.78, 5) is 11.0. The van der Waals surface area contributed by atoms with Crippen LogP contribution in [0, 0.1) is 18.6 Å². The zero-order chi connectivity index (χ0) is 12.7. The smallest absolute Gasteiger partial charge is 0.178 e. The summed E-state index contributed by atoms with van der Waals surface area (Å²) in [5, 5.41) is 0. The topological polar surface area (TPSA) is 41.6 Å². The molecule has 0 fully saturated rings. The van der Waals surface area contributed by atoms with Crippen molar-refractivity contribution in [2.45, 2.75) is 6.92 Å². The van der Waals surface area contributed by atoms with Gasteiger partial charge in [-0.25, -0.2) is 18.7 Å². The zero-order valence-corrected chi connectivity index (χ0v) is 9.54. The van der Waals surface area contributed by atoms with Gasteiger partial charge in [-0.3, -0.25) is 0 Å². The lowest BCUT2D eigenvalue weighted by molar-refractivity contribution is 0.582. The molecule has 0 radical (unpaired) electrons. The molecule has 0 saturated heterocycles. The number of rotatable bonds is 1. The van der Waals surface area contributed by atoms with Gasteiger partial charge in [0.2, 0.25) is 0 Å². The van der Waals surface area contributed by atoms with Gasteiger partial charge in [-0.1, -0.05) is 6.07 Å². The number of benzene rings is 1. The van der Waals surface area contributed by atoms with E-state index in [-0.39, 0.29) is 11.4 Å². The molecule has 3 aromatic rings. The second-order valence-corrected chi connectivity index (χ2v) is 4.01. The summed E-state index contributed by atoms with van der Waals surface area (Å²) in [6.45, 7) is 1.58. The van der Waals surface area contributed by atoms with Crippen LogP contribution in [0.25, 0.3) is 22.6 Å². The quantitative estimate of drug-likeness (QED) is 0.715. The number of fused-ring (bicyclic) bond motifs is 1. The number of aromatic nitrogens is 3. The van der Waals surface area contributed by atoms with E-state index in [1.54, 1.807) is 25.3 Å². The van der Waals surface area contributed by atoms with Crippen molar-refractivity contribution in [3.05, 3.63) is 47.7 Å². The Morgan fingerprint density at radius 1 is 1.17 bits per heavy atom. The Balaban J connectivity index is 2.29. The molecule has 0 aliphatic rings. The van der Waals surface area contributed by atoms with Gasteiger partial charge in [0.05, 0.1) is 11.1 Å². The van der Waals surface area contributed by atoms with Gasteiger partial charge in [0.15, 0.2) is 5.65 Å². The van der Waals surface area contributed by atoms with Crippen LogP contribution in [0.5, 0.6) is 0 Å². The van der Waals surface area contributed by atoms with E-state index in [0.29, 0.717) is 16.7 Å². The highest BCUT2D eigenvalue weighted by Gasteiger charge is 2.17. The molecule has 0 atom stereocenters. The number of nitrogens with one attached hydrogen (secondary N) is 1. The first kappa shape index (κ1) is 10.8. The SMILES string of the molecule is Cc1ccc(F)c(-c2nc3ncccc3[nH]2)c1F. The summed E-state index contributed by atoms with van der Waals surface area (Å²) in [5.74, 6) is -1.09. The number of hydrogen-bond donors (Lipinski definition) is 1. The fraction of sp³-hybridized carbons (Fsp3) is 0.0769. The van der Waals surface area contributed by atoms with E-state index < -0.39 is 11.6 Å². The Bertz CT molecular complexity index is 701. The standard InChI is InChI=1S/C13H9F2N3/c1-7-4-5-8(14)10(11(7)15)13-17-9-3-2-6-16-12(9)18-13/h2-6H,1H3,(H,16,17,18). The number of aryl methyl sites for hydroxylation is 1. The first-order valence-electron chi connectivity index (χ1n) is 5.42. The van der Waals surface area contributed by atoms with Crippen molar-refractivity contribution in [1.29, 1.82) is 0 Å². The number of pyridine rings is 1. The van der Waals surface area contributed by atoms with E-state index in [0.717, 1.165) is 0 Å². The fourth-order valence-electron chi connectivity index (χ4n) is 1.84. The largest absolute Gasteiger partial charge is 0.336 e. The molecule has 0 saturated carbocycles. The molecule has 1 aromatic carbocycles. The number of nitrogens with zero attached hydrogens (tertiary/aromatic N) is 2. The maximum absolute atomic E-state index is 14.0. The van der Waals surface area contributed by atoms with Crippen LogP contribution < -0.4 is 0 Å². The van der Waals surface area contributed by atoms with E-state index >= 15 is 0 Å². The molecule has 3 nitrogen and oxygen atoms in total. The normalized spacial score (nSPS) is 11.1. The molecule has 0 unspecified atom stereocenters. The Hall–Kier alpha value is -2.30. The van der Waals surface area contributed by atoms with Crippen molar-refractivity contribution in [2.75, 3.05) is 0 Å². The molecule has 1 N–H and O–H groups in total. The van der Waals surface area contributed by atoms with Gasteiger partial charge in [0.25, 0.3) is 0 Å². The predicted molar refractivity (Wildman–Crippen MR) is 64.0 cm³/mol. The second kappa shape index (κ2) is 3.87. The molecule has 0 spiro atoms. The summed E-state index contributed by atoms with van der Waals surface area (Å²) in [6.07, 6.45) is 1.58. The van der Waals surface area contributed by atoms with Crippen molar-refractivity contribution >= 4 is 11.2 Å². The van der Waals surface area contributed by atoms with Crippen LogP contribution in [0.4, 0.5) is 8.78 Å². The molecule has 2 aromatic heterocycles. The average Bonchev–Trinajstić information content (AvgIpc) is 2.77. The fourth-order valence-corrected chi connectivity index (χ4v) is 1.84. The lowest BCUT2D eigenvalue weighted by Gasteiger charge is -2.03. The van der Waals surface area contributed by atoms with E-state index in [9.17, 15) is 8.78 Å². The summed E-state index contributed by atoms with van der Waals surface area (Å²) in [5.41, 5.74) is 1.31. The minimum atomic E-state index is -0.642. The third-order valence-electron chi connectivity index (χ3n) is 2.78. The number of imidazole rings is 1. The average molecular weight is 245 g/mol. The van der Waals surface area contributed by atoms with Crippen LogP contribution in [-0.4, -0.2) is 15.0 Å². The van der Waals surface area contributed by atoms with Gasteiger partial charge in [0.1, 0.15) is 17.5 Å². The Morgan fingerprint density at radius 3 is 2.78 bits per heavy atom. The summed E-state index contributed by atoms with van der Waals surface area (Å²) >= 11 is 0. The van der Waals surface area contributed by atoms with Gasteiger partial charge < -0.3 is 4.98 Å². The molecular formula is C13H9F2N3. The lowest BCUT2D eigenvalue weighted by atomic mass is 10.1. The van der Waals surface area contributed by atoms with Crippen LogP contribution in [-0.2, 0) is 0 Å². The molecular weight excluding hydrogens is 236 g/mol. The van der Waals surface area contributed by atoms with E-state index in [4.69, 9.17) is 0 Å². The Kier molecular flexibility index (Phi) is 2.33.